The number of hydrogen-bond donors (Lipinski definition) is 1. The summed E-state index contributed by atoms with van der Waals surface area (Å²) in [4.78, 5) is 0.135. The molecule has 7 heteroatoms. The van der Waals surface area contributed by atoms with E-state index in [0.717, 1.165) is 5.56 Å². The van der Waals surface area contributed by atoms with Gasteiger partial charge in [-0.15, -0.1) is 0 Å². The molecule has 20 heavy (non-hydrogen) atoms. The van der Waals surface area contributed by atoms with Crippen LogP contribution in [0.5, 0.6) is 0 Å². The maximum absolute atomic E-state index is 11.8. The standard InChI is InChI=1S/C13H21NO5S/c1-11-3-5-13(6-4-11)20(15,16)19-10-9-18-12(2)17-8-7-14/h3-6,12H,7-10,14H2,1-2H3. The Morgan fingerprint density at radius 1 is 1.10 bits per heavy atom. The zero-order valence-electron chi connectivity index (χ0n) is 11.7. The second-order valence-corrected chi connectivity index (χ2v) is 5.80. The zero-order chi connectivity index (χ0) is 15.0. The summed E-state index contributed by atoms with van der Waals surface area (Å²) in [5, 5.41) is 0. The number of benzene rings is 1. The Kier molecular flexibility index (Phi) is 7.11. The van der Waals surface area contributed by atoms with Crippen molar-refractivity contribution in [2.75, 3.05) is 26.4 Å². The summed E-state index contributed by atoms with van der Waals surface area (Å²) in [6, 6.07) is 6.46. The maximum Gasteiger partial charge on any atom is 0.297 e. The fourth-order valence-electron chi connectivity index (χ4n) is 1.41. The predicted octanol–water partition coefficient (Wildman–Crippen LogP) is 1.04. The summed E-state index contributed by atoms with van der Waals surface area (Å²) in [6.07, 6.45) is -0.441. The van der Waals surface area contributed by atoms with Gasteiger partial charge in [0.25, 0.3) is 10.1 Å². The van der Waals surface area contributed by atoms with Gasteiger partial charge in [-0.3, -0.25) is 4.18 Å². The van der Waals surface area contributed by atoms with Gasteiger partial charge in [0.05, 0.1) is 24.7 Å². The second-order valence-electron chi connectivity index (χ2n) is 4.19. The van der Waals surface area contributed by atoms with Crippen molar-refractivity contribution < 1.29 is 22.1 Å². The highest BCUT2D eigenvalue weighted by molar-refractivity contribution is 7.86. The van der Waals surface area contributed by atoms with Gasteiger partial charge in [-0.1, -0.05) is 17.7 Å². The first-order valence-corrected chi connectivity index (χ1v) is 7.76. The Bertz CT molecular complexity index is 486. The van der Waals surface area contributed by atoms with Crippen LogP contribution in [0, 0.1) is 6.92 Å². The smallest absolute Gasteiger partial charge is 0.297 e. The first kappa shape index (κ1) is 17.1. The molecule has 0 bridgehead atoms. The molecule has 0 amide bonds. The Labute approximate surface area is 120 Å². The van der Waals surface area contributed by atoms with E-state index in [9.17, 15) is 8.42 Å². The molecule has 1 unspecified atom stereocenters. The fourth-order valence-corrected chi connectivity index (χ4v) is 2.31. The fraction of sp³-hybridized carbons (Fsp3) is 0.538. The topological polar surface area (TPSA) is 87.9 Å². The molecule has 0 aliphatic rings. The van der Waals surface area contributed by atoms with Gasteiger partial charge in [0.1, 0.15) is 0 Å². The van der Waals surface area contributed by atoms with E-state index in [1.165, 1.54) is 12.1 Å². The predicted molar refractivity (Wildman–Crippen MR) is 74.7 cm³/mol. The first-order valence-electron chi connectivity index (χ1n) is 6.35. The largest absolute Gasteiger partial charge is 0.352 e. The van der Waals surface area contributed by atoms with Crippen LogP contribution in [0.25, 0.3) is 0 Å². The SMILES string of the molecule is Cc1ccc(S(=O)(=O)OCCOC(C)OCCN)cc1. The molecular weight excluding hydrogens is 282 g/mol. The van der Waals surface area contributed by atoms with Gasteiger partial charge in [-0.25, -0.2) is 0 Å². The molecule has 0 aliphatic heterocycles. The highest BCUT2D eigenvalue weighted by Gasteiger charge is 2.14. The quantitative estimate of drug-likeness (QED) is 0.416. The summed E-state index contributed by atoms with van der Waals surface area (Å²) in [7, 11) is -3.73. The first-order chi connectivity index (χ1) is 9.45. The summed E-state index contributed by atoms with van der Waals surface area (Å²) in [5.41, 5.74) is 6.26. The van der Waals surface area contributed by atoms with Crippen LogP contribution in [0.15, 0.2) is 29.2 Å². The van der Waals surface area contributed by atoms with Gasteiger partial charge in [0.2, 0.25) is 0 Å². The molecule has 1 rings (SSSR count). The van der Waals surface area contributed by atoms with E-state index in [1.807, 2.05) is 6.92 Å². The Morgan fingerprint density at radius 2 is 1.70 bits per heavy atom. The van der Waals surface area contributed by atoms with Gasteiger partial charge < -0.3 is 15.2 Å². The summed E-state index contributed by atoms with van der Waals surface area (Å²) >= 11 is 0. The number of aryl methyl sites for hydroxylation is 1. The van der Waals surface area contributed by atoms with E-state index < -0.39 is 16.4 Å². The summed E-state index contributed by atoms with van der Waals surface area (Å²) in [6.45, 7) is 4.46. The van der Waals surface area contributed by atoms with E-state index >= 15 is 0 Å². The van der Waals surface area contributed by atoms with E-state index in [2.05, 4.69) is 0 Å². The Balaban J connectivity index is 2.35. The third-order valence-corrected chi connectivity index (χ3v) is 3.78. The number of nitrogens with two attached hydrogens (primary N) is 1. The second kappa shape index (κ2) is 8.33. The number of hydrogen-bond acceptors (Lipinski definition) is 6. The van der Waals surface area contributed by atoms with Crippen LogP contribution in [0.1, 0.15) is 12.5 Å². The average Bonchev–Trinajstić information content (AvgIpc) is 2.42. The normalized spacial score (nSPS) is 13.3. The van der Waals surface area contributed by atoms with Crippen molar-refractivity contribution in [2.24, 2.45) is 5.73 Å². The van der Waals surface area contributed by atoms with Crippen molar-refractivity contribution in [1.82, 2.24) is 0 Å². The van der Waals surface area contributed by atoms with E-state index in [-0.39, 0.29) is 18.1 Å². The molecule has 1 aromatic rings. The molecule has 0 fully saturated rings. The minimum absolute atomic E-state index is 0.0630. The molecule has 114 valence electrons. The van der Waals surface area contributed by atoms with Gasteiger partial charge in [-0.05, 0) is 26.0 Å². The van der Waals surface area contributed by atoms with E-state index in [4.69, 9.17) is 19.4 Å². The van der Waals surface area contributed by atoms with Gasteiger partial charge in [0, 0.05) is 6.54 Å². The molecule has 0 aliphatic carbocycles. The van der Waals surface area contributed by atoms with Crippen LogP contribution in [-0.2, 0) is 23.8 Å². The minimum atomic E-state index is -3.73. The third kappa shape index (κ3) is 5.98. The van der Waals surface area contributed by atoms with Crippen LogP contribution in [0.3, 0.4) is 0 Å². The van der Waals surface area contributed by atoms with Crippen molar-refractivity contribution >= 4 is 10.1 Å². The third-order valence-electron chi connectivity index (χ3n) is 2.45. The van der Waals surface area contributed by atoms with Crippen molar-refractivity contribution in [3.8, 4) is 0 Å². The molecule has 2 N–H and O–H groups in total. The molecule has 1 aromatic carbocycles. The van der Waals surface area contributed by atoms with Crippen LogP contribution < -0.4 is 5.73 Å². The Morgan fingerprint density at radius 3 is 2.30 bits per heavy atom. The molecule has 0 saturated heterocycles. The van der Waals surface area contributed by atoms with Crippen molar-refractivity contribution in [3.05, 3.63) is 29.8 Å². The highest BCUT2D eigenvalue weighted by Crippen LogP contribution is 2.13. The summed E-state index contributed by atoms with van der Waals surface area (Å²) < 4.78 is 38.9. The monoisotopic (exact) mass is 303 g/mol. The lowest BCUT2D eigenvalue weighted by atomic mass is 10.2. The lowest BCUT2D eigenvalue weighted by molar-refractivity contribution is -0.132. The van der Waals surface area contributed by atoms with Gasteiger partial charge >= 0.3 is 0 Å². The summed E-state index contributed by atoms with van der Waals surface area (Å²) in [5.74, 6) is 0. The lowest BCUT2D eigenvalue weighted by Crippen LogP contribution is -2.21. The van der Waals surface area contributed by atoms with Crippen LogP contribution in [0.2, 0.25) is 0 Å². The van der Waals surface area contributed by atoms with Gasteiger partial charge in [-0.2, -0.15) is 8.42 Å². The van der Waals surface area contributed by atoms with Gasteiger partial charge in [0.15, 0.2) is 6.29 Å². The lowest BCUT2D eigenvalue weighted by Gasteiger charge is -2.13. The molecular formula is C13H21NO5S. The zero-order valence-corrected chi connectivity index (χ0v) is 12.6. The maximum atomic E-state index is 11.8. The van der Waals surface area contributed by atoms with Crippen molar-refractivity contribution in [3.63, 3.8) is 0 Å². The minimum Gasteiger partial charge on any atom is -0.352 e. The average molecular weight is 303 g/mol. The Hall–Kier alpha value is -0.990. The van der Waals surface area contributed by atoms with Crippen LogP contribution >= 0.6 is 0 Å². The molecule has 0 aromatic heterocycles. The van der Waals surface area contributed by atoms with Crippen molar-refractivity contribution in [1.29, 1.82) is 0 Å². The van der Waals surface area contributed by atoms with Crippen LogP contribution in [-0.4, -0.2) is 41.1 Å². The van der Waals surface area contributed by atoms with Crippen LogP contribution in [0.4, 0.5) is 0 Å². The molecule has 6 nitrogen and oxygen atoms in total. The molecule has 0 spiro atoms. The number of ether oxygens (including phenoxy) is 2. The van der Waals surface area contributed by atoms with E-state index in [1.54, 1.807) is 19.1 Å². The number of rotatable bonds is 9. The van der Waals surface area contributed by atoms with Crippen molar-refractivity contribution in [2.45, 2.75) is 25.0 Å². The highest BCUT2D eigenvalue weighted by atomic mass is 32.2. The molecule has 0 radical (unpaired) electrons. The van der Waals surface area contributed by atoms with E-state index in [0.29, 0.717) is 13.2 Å². The molecule has 0 heterocycles. The molecule has 0 saturated carbocycles. The molecule has 1 atom stereocenters.